The van der Waals surface area contributed by atoms with E-state index in [0.717, 1.165) is 42.2 Å². The Kier molecular flexibility index (Phi) is 4.20. The highest BCUT2D eigenvalue weighted by Gasteiger charge is 2.28. The van der Waals surface area contributed by atoms with E-state index in [1.54, 1.807) is 6.07 Å². The van der Waals surface area contributed by atoms with E-state index < -0.39 is 10.0 Å². The first-order valence-electron chi connectivity index (χ1n) is 8.56. The van der Waals surface area contributed by atoms with Gasteiger partial charge in [0.25, 0.3) is 10.0 Å². The van der Waals surface area contributed by atoms with Gasteiger partial charge in [-0.25, -0.2) is 12.4 Å². The van der Waals surface area contributed by atoms with Gasteiger partial charge in [0.15, 0.2) is 6.29 Å². The molecule has 0 N–H and O–H groups in total. The number of fused-ring (bicyclic) bond motifs is 3. The fourth-order valence-electron chi connectivity index (χ4n) is 3.57. The summed E-state index contributed by atoms with van der Waals surface area (Å²) in [6, 6.07) is 10.9. The van der Waals surface area contributed by atoms with Crippen molar-refractivity contribution in [2.24, 2.45) is 0 Å². The molecule has 26 heavy (non-hydrogen) atoms. The van der Waals surface area contributed by atoms with Gasteiger partial charge >= 0.3 is 0 Å². The molecule has 0 radical (unpaired) electrons. The summed E-state index contributed by atoms with van der Waals surface area (Å²) in [6.07, 6.45) is 8.56. The van der Waals surface area contributed by atoms with Crippen LogP contribution in [0.1, 0.15) is 34.3 Å². The van der Waals surface area contributed by atoms with Gasteiger partial charge in [-0.3, -0.25) is 9.78 Å². The third kappa shape index (κ3) is 2.66. The molecule has 0 saturated carbocycles. The Hall–Kier alpha value is -2.73. The second-order valence-electron chi connectivity index (χ2n) is 6.38. The number of benzene rings is 1. The Morgan fingerprint density at radius 2 is 1.85 bits per heavy atom. The van der Waals surface area contributed by atoms with Crippen molar-refractivity contribution < 1.29 is 13.2 Å². The lowest BCUT2D eigenvalue weighted by Crippen LogP contribution is -2.15. The zero-order chi connectivity index (χ0) is 18.1. The average molecular weight is 366 g/mol. The minimum atomic E-state index is -3.85. The summed E-state index contributed by atoms with van der Waals surface area (Å²) in [5, 5.41) is 0. The molecule has 0 fully saturated rings. The van der Waals surface area contributed by atoms with E-state index >= 15 is 0 Å². The maximum absolute atomic E-state index is 13.3. The quantitative estimate of drug-likeness (QED) is 0.666. The highest BCUT2D eigenvalue weighted by atomic mass is 32.2. The molecule has 0 aliphatic heterocycles. The number of pyridine rings is 1. The van der Waals surface area contributed by atoms with Crippen LogP contribution in [0.4, 0.5) is 0 Å². The number of rotatable bonds is 3. The summed E-state index contributed by atoms with van der Waals surface area (Å²) in [6.45, 7) is 0. The van der Waals surface area contributed by atoms with Crippen LogP contribution in [-0.2, 0) is 22.9 Å². The van der Waals surface area contributed by atoms with Gasteiger partial charge in [0.1, 0.15) is 4.90 Å². The van der Waals surface area contributed by atoms with Crippen molar-refractivity contribution in [1.29, 1.82) is 0 Å². The zero-order valence-electron chi connectivity index (χ0n) is 14.1. The SMILES string of the molecule is O=Cc1cn(S(=O)(=O)c2cccnc2)c2c1CCCCc1ccccc1-2. The molecule has 132 valence electrons. The maximum Gasteiger partial charge on any atom is 0.269 e. The van der Waals surface area contributed by atoms with Gasteiger partial charge < -0.3 is 0 Å². The van der Waals surface area contributed by atoms with Crippen LogP contribution in [0.5, 0.6) is 0 Å². The number of aldehydes is 1. The fraction of sp³-hybridized carbons (Fsp3) is 0.200. The van der Waals surface area contributed by atoms with E-state index in [0.29, 0.717) is 17.7 Å². The summed E-state index contributed by atoms with van der Waals surface area (Å²) in [4.78, 5) is 15.7. The monoisotopic (exact) mass is 366 g/mol. The second kappa shape index (κ2) is 6.53. The molecule has 2 aromatic heterocycles. The standard InChI is InChI=1S/C20H18N2O3S/c23-14-16-13-22(26(24,25)17-8-5-11-21-12-17)20-18-9-3-1-6-15(18)7-2-4-10-19(16)20/h1,3,5-6,8-9,11-14H,2,4,7,10H2. The van der Waals surface area contributed by atoms with Crippen LogP contribution in [0.2, 0.25) is 0 Å². The Labute approximate surface area is 152 Å². The summed E-state index contributed by atoms with van der Waals surface area (Å²) in [5.41, 5.74) is 3.82. The highest BCUT2D eigenvalue weighted by Crippen LogP contribution is 2.36. The molecular formula is C20H18N2O3S. The topological polar surface area (TPSA) is 69.0 Å². The van der Waals surface area contributed by atoms with E-state index in [1.807, 2.05) is 24.3 Å². The summed E-state index contributed by atoms with van der Waals surface area (Å²) < 4.78 is 27.8. The van der Waals surface area contributed by atoms with Crippen LogP contribution >= 0.6 is 0 Å². The molecule has 0 unspecified atom stereocenters. The molecule has 2 heterocycles. The van der Waals surface area contributed by atoms with Gasteiger partial charge in [-0.15, -0.1) is 0 Å². The van der Waals surface area contributed by atoms with Crippen molar-refractivity contribution >= 4 is 16.3 Å². The lowest BCUT2D eigenvalue weighted by Gasteiger charge is -2.18. The first kappa shape index (κ1) is 16.7. The van der Waals surface area contributed by atoms with Crippen molar-refractivity contribution in [2.75, 3.05) is 0 Å². The second-order valence-corrected chi connectivity index (χ2v) is 8.20. The first-order valence-corrected chi connectivity index (χ1v) is 10.00. The van der Waals surface area contributed by atoms with Gasteiger partial charge in [0, 0.05) is 29.7 Å². The molecule has 0 bridgehead atoms. The molecule has 0 spiro atoms. The third-order valence-corrected chi connectivity index (χ3v) is 6.47. The number of hydrogen-bond donors (Lipinski definition) is 0. The van der Waals surface area contributed by atoms with Gasteiger partial charge in [-0.05, 0) is 48.9 Å². The average Bonchev–Trinajstić information content (AvgIpc) is 3.02. The Morgan fingerprint density at radius 3 is 2.62 bits per heavy atom. The molecule has 3 aromatic rings. The van der Waals surface area contributed by atoms with E-state index in [-0.39, 0.29) is 4.90 Å². The van der Waals surface area contributed by atoms with Gasteiger partial charge in [-0.2, -0.15) is 0 Å². The number of carbonyl (C=O) groups is 1. The van der Waals surface area contributed by atoms with Crippen LogP contribution in [0.3, 0.4) is 0 Å². The lowest BCUT2D eigenvalue weighted by molar-refractivity contribution is 0.112. The molecule has 0 amide bonds. The summed E-state index contributed by atoms with van der Waals surface area (Å²) in [7, 11) is -3.85. The number of nitrogens with zero attached hydrogens (tertiary/aromatic N) is 2. The number of hydrogen-bond acceptors (Lipinski definition) is 4. The highest BCUT2D eigenvalue weighted by molar-refractivity contribution is 7.90. The molecular weight excluding hydrogens is 348 g/mol. The van der Waals surface area contributed by atoms with Crippen LogP contribution in [0, 0.1) is 0 Å². The predicted octanol–water partition coefficient (Wildman–Crippen LogP) is 3.48. The van der Waals surface area contributed by atoms with Crippen molar-refractivity contribution in [1.82, 2.24) is 8.96 Å². The van der Waals surface area contributed by atoms with Crippen LogP contribution in [0.25, 0.3) is 11.3 Å². The van der Waals surface area contributed by atoms with E-state index in [4.69, 9.17) is 0 Å². The smallest absolute Gasteiger partial charge is 0.269 e. The van der Waals surface area contributed by atoms with Crippen molar-refractivity contribution in [3.05, 3.63) is 71.7 Å². The largest absolute Gasteiger partial charge is 0.298 e. The molecule has 5 nitrogen and oxygen atoms in total. The van der Waals surface area contributed by atoms with Crippen molar-refractivity contribution in [3.8, 4) is 11.3 Å². The summed E-state index contributed by atoms with van der Waals surface area (Å²) >= 11 is 0. The normalized spacial score (nSPS) is 14.0. The van der Waals surface area contributed by atoms with Crippen molar-refractivity contribution in [3.63, 3.8) is 0 Å². The number of carbonyl (C=O) groups excluding carboxylic acids is 1. The fourth-order valence-corrected chi connectivity index (χ4v) is 4.95. The number of aryl methyl sites for hydroxylation is 1. The van der Waals surface area contributed by atoms with E-state index in [1.165, 1.54) is 28.6 Å². The zero-order valence-corrected chi connectivity index (χ0v) is 14.9. The minimum Gasteiger partial charge on any atom is -0.298 e. The van der Waals surface area contributed by atoms with Gasteiger partial charge in [0.2, 0.25) is 0 Å². The Bertz CT molecular complexity index is 1070. The van der Waals surface area contributed by atoms with E-state index in [9.17, 15) is 13.2 Å². The van der Waals surface area contributed by atoms with Gasteiger partial charge in [0.05, 0.1) is 5.69 Å². The van der Waals surface area contributed by atoms with Crippen LogP contribution in [-0.4, -0.2) is 23.7 Å². The minimum absolute atomic E-state index is 0.106. The van der Waals surface area contributed by atoms with Crippen LogP contribution in [0.15, 0.2) is 59.9 Å². The maximum atomic E-state index is 13.3. The molecule has 6 heteroatoms. The summed E-state index contributed by atoms with van der Waals surface area (Å²) in [5.74, 6) is 0. The van der Waals surface area contributed by atoms with Crippen molar-refractivity contribution in [2.45, 2.75) is 30.6 Å². The molecule has 1 aliphatic carbocycles. The Balaban J connectivity index is 2.04. The molecule has 0 saturated heterocycles. The predicted molar refractivity (Wildman–Crippen MR) is 98.7 cm³/mol. The molecule has 0 atom stereocenters. The molecule has 1 aromatic carbocycles. The molecule has 1 aliphatic rings. The lowest BCUT2D eigenvalue weighted by atomic mass is 9.91. The van der Waals surface area contributed by atoms with Crippen LogP contribution < -0.4 is 0 Å². The van der Waals surface area contributed by atoms with Gasteiger partial charge in [-0.1, -0.05) is 24.3 Å². The van der Waals surface area contributed by atoms with E-state index in [2.05, 4.69) is 4.98 Å². The number of aromatic nitrogens is 2. The Morgan fingerprint density at radius 1 is 1.04 bits per heavy atom. The third-order valence-electron chi connectivity index (χ3n) is 4.82. The molecule has 4 rings (SSSR count). The first-order chi connectivity index (χ1) is 12.6.